The fraction of sp³-hybridized carbons (Fsp3) is 0.471. The number of rotatable bonds is 30. The third-order valence-corrected chi connectivity index (χ3v) is 21.5. The number of ether oxygens (including phenoxy) is 6. The minimum absolute atomic E-state index is 0.0311. The zero-order chi connectivity index (χ0) is 88.4. The molecule has 0 bridgehead atoms. The summed E-state index contributed by atoms with van der Waals surface area (Å²) in [6, 6.07) is 23.1. The van der Waals surface area contributed by atoms with E-state index in [1.165, 1.54) is 57.2 Å². The van der Waals surface area contributed by atoms with E-state index in [0.717, 1.165) is 17.1 Å². The molecule has 0 spiro atoms. The van der Waals surface area contributed by atoms with Gasteiger partial charge in [-0.1, -0.05) is 93.1 Å². The van der Waals surface area contributed by atoms with Gasteiger partial charge in [0.15, 0.2) is 46.9 Å². The van der Waals surface area contributed by atoms with E-state index in [2.05, 4.69) is 36.9 Å². The highest BCUT2D eigenvalue weighted by molar-refractivity contribution is 7.55. The van der Waals surface area contributed by atoms with Crippen molar-refractivity contribution in [3.05, 3.63) is 147 Å². The van der Waals surface area contributed by atoms with Crippen molar-refractivity contribution >= 4 is 58.3 Å². The first kappa shape index (κ1) is 80.2. The predicted octanol–water partition coefficient (Wildman–Crippen LogP) is 2.80. The van der Waals surface area contributed by atoms with Crippen LogP contribution in [0.4, 0.5) is 22.0 Å². The number of aliphatic hydroxyl groups is 3. The Bertz CT molecular complexity index is 4840. The largest absolute Gasteiger partial charge is 0.463 e. The molecule has 0 radical (unpaired) electrons. The van der Waals surface area contributed by atoms with E-state index >= 15 is 0 Å². The molecule has 3 fully saturated rings. The number of nitrogens with two attached hydrogens (primary N) is 6. The smallest absolute Gasteiger partial charge is 0.380 e. The van der Waals surface area contributed by atoms with Crippen molar-refractivity contribution in [3.63, 3.8) is 0 Å². The van der Waals surface area contributed by atoms with Gasteiger partial charge in [-0.15, -0.1) is 19.3 Å². The molecule has 42 heteroatoms. The lowest BCUT2D eigenvalue weighted by Gasteiger charge is -2.27. The van der Waals surface area contributed by atoms with Gasteiger partial charge in [-0.3, -0.25) is 37.1 Å². The third-order valence-electron chi connectivity index (χ3n) is 15.9. The molecular formula is C70H90FN14O24P3. The summed E-state index contributed by atoms with van der Waals surface area (Å²) in [6.07, 6.45) is -1.44. The van der Waals surface area contributed by atoms with Crippen molar-refractivity contribution in [2.45, 2.75) is 153 Å². The number of aliphatic hydroxyl groups excluding tert-OH is 3. The molecule has 0 saturated carbocycles. The number of halogens is 1. The molecule has 3 aromatic carbocycles. The standard InChI is InChI=1S/C24H30FN4O8P.2C23H30N5O8P/c1-5-24(27)19(30)18(36-22(24)29-11-17(25)20(26)28-23(29)32)12-34-38(33,37-16-9-7-6-8-10-16)13-15(4)21(31)35-14(2)3;1-5-23(25)19(29)17(35-21(23)28-22(31)27-18(24)11-26-28)12-33-37(32,36-16-9-7-6-8-10-16)13-15(4)20(30)34-14(2)3;1-5-23(25)18(29)17(35-20(23)28-13-26-21(24)27-22(28)31)11-33-37(32,36-16-9-7-6-8-10-16)12-15(4)19(30)34-14(2)3/h1,6-11,14-15,18-19,22,30H,12-13,27H2,2-4H3,(H2,26,28,32);1,6-11,14-15,17,19,21,29H,12-13,25H2,2-4H3,(H2,24,27,31);1,6-10,13-15,17-18,20,29H,11-12,25H2,2-4H3,(H2,24,27,31)/t15-,18-,19+,22-,24?,38+;15-,17-,19+,21-,23?,37+;15-,17-,18+,20-,23?,37+/m111/s1/i2*12D2;11D2. The Kier molecular flexibility index (Phi) is 27.3. The molecule has 6 heterocycles. The normalized spacial score (nSPS) is 26.8. The Morgan fingerprint density at radius 2 is 0.875 bits per heavy atom. The van der Waals surface area contributed by atoms with Crippen LogP contribution in [0.5, 0.6) is 17.2 Å². The first-order chi connectivity index (χ1) is 54.8. The molecule has 15 N–H and O–H groups in total. The molecule has 9 rings (SSSR count). The summed E-state index contributed by atoms with van der Waals surface area (Å²) in [5.74, 6) is -1.28. The molecule has 0 aliphatic carbocycles. The van der Waals surface area contributed by atoms with Crippen molar-refractivity contribution in [1.29, 1.82) is 0 Å². The maximum atomic E-state index is 14.1. The highest BCUT2D eigenvalue weighted by Crippen LogP contribution is 2.54. The van der Waals surface area contributed by atoms with Crippen LogP contribution in [0.1, 0.15) is 89.2 Å². The van der Waals surface area contributed by atoms with E-state index < -0.39 is 216 Å². The Hall–Kier alpha value is -9.81. The minimum atomic E-state index is -4.58. The third kappa shape index (κ3) is 22.5. The topological polar surface area (TPSA) is 560 Å². The number of esters is 3. The van der Waals surface area contributed by atoms with Crippen LogP contribution in [0.2, 0.25) is 0 Å². The summed E-state index contributed by atoms with van der Waals surface area (Å²) in [6.45, 7) is 4.66. The number of hydrogen-bond acceptors (Lipinski definition) is 35. The zero-order valence-corrected chi connectivity index (χ0v) is 64.3. The second-order valence-corrected chi connectivity index (χ2v) is 32.0. The quantitative estimate of drug-likeness (QED) is 0.0135. The number of benzene rings is 3. The van der Waals surface area contributed by atoms with E-state index in [9.17, 15) is 62.2 Å². The van der Waals surface area contributed by atoms with Crippen LogP contribution >= 0.6 is 22.8 Å². The van der Waals surface area contributed by atoms with Gasteiger partial charge in [0.05, 0.1) is 94.8 Å². The van der Waals surface area contributed by atoms with E-state index in [4.69, 9.17) is 117 Å². The highest BCUT2D eigenvalue weighted by atomic mass is 31.2. The minimum Gasteiger partial charge on any atom is -0.463 e. The Labute approximate surface area is 650 Å². The number of anilines is 3. The van der Waals surface area contributed by atoms with Crippen LogP contribution < -0.4 is 65.0 Å². The summed E-state index contributed by atoms with van der Waals surface area (Å²) in [5.41, 5.74) is 24.8. The molecule has 18 atom stereocenters. The Balaban J connectivity index is 0.000000244. The van der Waals surface area contributed by atoms with Crippen LogP contribution in [0.25, 0.3) is 0 Å². The molecule has 6 aromatic rings. The predicted molar refractivity (Wildman–Crippen MR) is 399 cm³/mol. The summed E-state index contributed by atoms with van der Waals surface area (Å²) < 4.78 is 174. The maximum Gasteiger partial charge on any atom is 0.380 e. The molecule has 3 aromatic heterocycles. The van der Waals surface area contributed by atoms with Gasteiger partial charge in [0.1, 0.15) is 66.0 Å². The Morgan fingerprint density at radius 3 is 1.21 bits per heavy atom. The summed E-state index contributed by atoms with van der Waals surface area (Å²) >= 11 is 0. The molecule has 3 saturated heterocycles. The molecular weight excluding hydrogens is 1530 g/mol. The van der Waals surface area contributed by atoms with Gasteiger partial charge in [0, 0.05) is 0 Å². The first-order valence-corrected chi connectivity index (χ1v) is 39.0. The number of hydrogen-bond donors (Lipinski definition) is 9. The number of terminal acetylenes is 3. The number of aromatic nitrogens is 8. The van der Waals surface area contributed by atoms with Crippen LogP contribution in [0.15, 0.2) is 124 Å². The fourth-order valence-electron chi connectivity index (χ4n) is 10.3. The summed E-state index contributed by atoms with van der Waals surface area (Å²) in [5, 5.41) is 36.7. The van der Waals surface area contributed by atoms with Gasteiger partial charge in [-0.2, -0.15) is 24.7 Å². The van der Waals surface area contributed by atoms with Gasteiger partial charge < -0.3 is 91.7 Å². The molecule has 606 valence electrons. The van der Waals surface area contributed by atoms with Crippen LogP contribution in [-0.2, 0) is 70.1 Å². The van der Waals surface area contributed by atoms with E-state index in [1.807, 2.05) is 5.92 Å². The van der Waals surface area contributed by atoms with Crippen molar-refractivity contribution in [2.75, 3.05) is 55.4 Å². The lowest BCUT2D eigenvalue weighted by molar-refractivity contribution is -0.152. The monoisotopic (exact) mass is 1630 g/mol. The van der Waals surface area contributed by atoms with Gasteiger partial charge in [-0.25, -0.2) is 37.5 Å². The van der Waals surface area contributed by atoms with Gasteiger partial charge in [0.25, 0.3) is 0 Å². The van der Waals surface area contributed by atoms with Crippen LogP contribution in [0, 0.1) is 60.6 Å². The second-order valence-electron chi connectivity index (χ2n) is 26.2. The Morgan fingerprint density at radius 1 is 0.545 bits per heavy atom. The number of carbonyl (C=O) groups excluding carboxylic acids is 3. The number of carbonyl (C=O) groups is 3. The van der Waals surface area contributed by atoms with Crippen molar-refractivity contribution in [1.82, 2.24) is 38.9 Å². The number of nitrogen functional groups attached to an aromatic ring is 3. The van der Waals surface area contributed by atoms with E-state index in [1.54, 1.807) is 96.1 Å². The second kappa shape index (κ2) is 38.1. The van der Waals surface area contributed by atoms with Gasteiger partial charge in [-0.05, 0) is 77.9 Å². The molecule has 38 nitrogen and oxygen atoms in total. The average molecular weight is 1630 g/mol. The lowest BCUT2D eigenvalue weighted by Crippen LogP contribution is -2.55. The number of nitrogens with zero attached hydrogens (tertiary/aromatic N) is 8. The van der Waals surface area contributed by atoms with E-state index in [0.29, 0.717) is 15.4 Å². The average Bonchev–Trinajstić information content (AvgIpc) is 1.53. The SMILES string of the molecule is [2H]C([2H])(O[P@@](=O)(C[C@@H](C)C(=O)OC(C)C)Oc1ccccc1)[C@H]1O[C@@H](n2cc(F)c(N)nc2=O)C(N)(C#C)[C@H]1O.[2H]C([2H])(O[P@@](=O)(C[C@@H](C)C(=O)OC(C)C)Oc1ccccc1)[C@H]1O[C@@H](n2cnc(N)nc2=O)C(N)(C#C)[C@H]1O.[2H]C([2H])(O[P@@](=O)(C[C@@H](C)C(=O)OC(C)C)Oc1ccccc1)[C@H]1O[C@@H](n2ncc(N)nc2=O)C(N)(C#C)[C@H]1O. The van der Waals surface area contributed by atoms with Crippen LogP contribution in [-0.4, -0.2) is 182 Å². The molecule has 112 heavy (non-hydrogen) atoms. The summed E-state index contributed by atoms with van der Waals surface area (Å²) in [7, 11) is -13.6. The zero-order valence-electron chi connectivity index (χ0n) is 67.6. The molecule has 3 unspecified atom stereocenters. The van der Waals surface area contributed by atoms with Crippen molar-refractivity contribution < 1.29 is 112 Å². The highest BCUT2D eigenvalue weighted by Gasteiger charge is 2.58. The first-order valence-electron chi connectivity index (χ1n) is 36.8. The lowest BCUT2D eigenvalue weighted by atomic mass is 9.92. The molecule has 0 amide bonds. The van der Waals surface area contributed by atoms with Crippen molar-refractivity contribution in [3.8, 4) is 54.3 Å². The van der Waals surface area contributed by atoms with Crippen LogP contribution in [0.3, 0.4) is 0 Å². The van der Waals surface area contributed by atoms with Gasteiger partial charge >= 0.3 is 57.8 Å². The molecule has 3 aliphatic rings. The summed E-state index contributed by atoms with van der Waals surface area (Å²) in [4.78, 5) is 88.5. The number of para-hydroxylation sites is 3. The van der Waals surface area contributed by atoms with Gasteiger partial charge in [0.2, 0.25) is 5.95 Å². The fourth-order valence-corrected chi connectivity index (χ4v) is 15.4. The van der Waals surface area contributed by atoms with Crippen molar-refractivity contribution in [2.24, 2.45) is 35.0 Å². The molecule has 3 aliphatic heterocycles. The van der Waals surface area contributed by atoms with E-state index in [-0.39, 0.29) is 29.0 Å². The maximum absolute atomic E-state index is 14.1.